The van der Waals surface area contributed by atoms with Crippen LogP contribution in [0.2, 0.25) is 0 Å². The van der Waals surface area contributed by atoms with Crippen LogP contribution in [0.25, 0.3) is 0 Å². The van der Waals surface area contributed by atoms with Gasteiger partial charge in [0.05, 0.1) is 24.5 Å². The van der Waals surface area contributed by atoms with E-state index in [1.165, 1.54) is 6.92 Å². The molecule has 0 aliphatic carbocycles. The Hall–Kier alpha value is -2.77. The summed E-state index contributed by atoms with van der Waals surface area (Å²) in [5, 5.41) is 2.67. The van der Waals surface area contributed by atoms with Crippen molar-refractivity contribution in [1.29, 1.82) is 0 Å². The van der Waals surface area contributed by atoms with E-state index in [0.29, 0.717) is 24.8 Å². The number of nitrogens with zero attached hydrogens (tertiary/aromatic N) is 3. The lowest BCUT2D eigenvalue weighted by molar-refractivity contribution is -0.119. The summed E-state index contributed by atoms with van der Waals surface area (Å²) >= 11 is 0. The van der Waals surface area contributed by atoms with Crippen molar-refractivity contribution < 1.29 is 19.1 Å². The van der Waals surface area contributed by atoms with Crippen molar-refractivity contribution in [1.82, 2.24) is 5.32 Å². The Morgan fingerprint density at radius 1 is 1.22 bits per heavy atom. The molecule has 8 heteroatoms. The minimum Gasteiger partial charge on any atom is -0.442 e. The molecule has 2 atom stereocenters. The summed E-state index contributed by atoms with van der Waals surface area (Å²) in [7, 11) is 0. The predicted molar refractivity (Wildman–Crippen MR) is 101 cm³/mol. The fourth-order valence-electron chi connectivity index (χ4n) is 4.18. The lowest BCUT2D eigenvalue weighted by Crippen LogP contribution is -2.47. The first-order chi connectivity index (χ1) is 12.9. The number of carbonyl (C=O) groups is 3. The van der Waals surface area contributed by atoms with Crippen LogP contribution < -0.4 is 20.0 Å². The Kier molecular flexibility index (Phi) is 4.41. The van der Waals surface area contributed by atoms with Crippen LogP contribution in [-0.4, -0.2) is 56.2 Å². The monoisotopic (exact) mass is 372 g/mol. The van der Waals surface area contributed by atoms with Gasteiger partial charge in [-0.05, 0) is 31.0 Å². The summed E-state index contributed by atoms with van der Waals surface area (Å²) in [6.07, 6.45) is 1.40. The Morgan fingerprint density at radius 3 is 2.78 bits per heavy atom. The Morgan fingerprint density at radius 2 is 2.04 bits per heavy atom. The number of cyclic esters (lactones) is 1. The van der Waals surface area contributed by atoms with Crippen molar-refractivity contribution >= 4 is 35.0 Å². The number of hydrogen-bond donors (Lipinski definition) is 1. The maximum atomic E-state index is 12.3. The van der Waals surface area contributed by atoms with Gasteiger partial charge in [0, 0.05) is 38.7 Å². The molecule has 3 heterocycles. The van der Waals surface area contributed by atoms with Crippen LogP contribution in [0.3, 0.4) is 0 Å². The molecule has 8 nitrogen and oxygen atoms in total. The number of amides is 3. The zero-order valence-electron chi connectivity index (χ0n) is 15.6. The van der Waals surface area contributed by atoms with E-state index in [1.54, 1.807) is 11.8 Å². The lowest BCUT2D eigenvalue weighted by atomic mass is 10.1. The van der Waals surface area contributed by atoms with E-state index >= 15 is 0 Å². The van der Waals surface area contributed by atoms with Crippen LogP contribution in [0.1, 0.15) is 26.7 Å². The van der Waals surface area contributed by atoms with Gasteiger partial charge < -0.3 is 19.9 Å². The van der Waals surface area contributed by atoms with Gasteiger partial charge in [0.25, 0.3) is 0 Å². The van der Waals surface area contributed by atoms with Crippen LogP contribution in [-0.2, 0) is 14.3 Å². The van der Waals surface area contributed by atoms with Gasteiger partial charge >= 0.3 is 6.09 Å². The first kappa shape index (κ1) is 17.6. The van der Waals surface area contributed by atoms with Gasteiger partial charge in [-0.1, -0.05) is 0 Å². The SMILES string of the molecule is CC(=O)NC[C@H]1CN(c2ccc3c(c2)N(C(C)=O)C[C@@H]2CCCN32)C(=O)O1. The second kappa shape index (κ2) is 6.75. The molecule has 144 valence electrons. The van der Waals surface area contributed by atoms with Crippen molar-refractivity contribution in [2.45, 2.75) is 38.8 Å². The van der Waals surface area contributed by atoms with Gasteiger partial charge in [-0.2, -0.15) is 0 Å². The Bertz CT molecular complexity index is 796. The van der Waals surface area contributed by atoms with E-state index in [-0.39, 0.29) is 24.5 Å². The highest BCUT2D eigenvalue weighted by Crippen LogP contribution is 2.42. The number of benzene rings is 1. The standard InChI is InChI=1S/C19H24N4O4/c1-12(24)20-9-16-11-23(19(26)27-16)14-5-6-17-18(8-14)22(13(2)25)10-15-4-3-7-21(15)17/h5-6,8,15-16H,3-4,7,9-11H2,1-2H3,(H,20,24)/t15-,16-/m0/s1. The van der Waals surface area contributed by atoms with Crippen molar-refractivity contribution in [3.05, 3.63) is 18.2 Å². The molecule has 3 aliphatic rings. The molecule has 0 unspecified atom stereocenters. The number of ether oxygens (including phenoxy) is 1. The molecule has 1 N–H and O–H groups in total. The molecule has 3 aliphatic heterocycles. The molecule has 2 fully saturated rings. The Labute approximate surface area is 158 Å². The maximum Gasteiger partial charge on any atom is 0.414 e. The minimum absolute atomic E-state index is 0.00693. The summed E-state index contributed by atoms with van der Waals surface area (Å²) in [5.41, 5.74) is 2.59. The average Bonchev–Trinajstić information content (AvgIpc) is 3.24. The van der Waals surface area contributed by atoms with Crippen LogP contribution in [0.4, 0.5) is 21.9 Å². The quantitative estimate of drug-likeness (QED) is 0.869. The van der Waals surface area contributed by atoms with Gasteiger partial charge in [-0.3, -0.25) is 14.5 Å². The van der Waals surface area contributed by atoms with Crippen molar-refractivity contribution in [2.24, 2.45) is 0 Å². The largest absolute Gasteiger partial charge is 0.442 e. The number of anilines is 3. The van der Waals surface area contributed by atoms with Crippen LogP contribution in [0.15, 0.2) is 18.2 Å². The molecule has 27 heavy (non-hydrogen) atoms. The lowest BCUT2D eigenvalue weighted by Gasteiger charge is -2.40. The number of fused-ring (bicyclic) bond motifs is 3. The normalized spacial score (nSPS) is 23.8. The summed E-state index contributed by atoms with van der Waals surface area (Å²) in [5.74, 6) is -0.150. The summed E-state index contributed by atoms with van der Waals surface area (Å²) in [4.78, 5) is 41.3. The van der Waals surface area contributed by atoms with Gasteiger partial charge in [0.2, 0.25) is 11.8 Å². The van der Waals surface area contributed by atoms with E-state index in [1.807, 2.05) is 23.1 Å². The predicted octanol–water partition coefficient (Wildman–Crippen LogP) is 1.48. The number of nitrogens with one attached hydrogen (secondary N) is 1. The highest BCUT2D eigenvalue weighted by Gasteiger charge is 2.37. The highest BCUT2D eigenvalue weighted by atomic mass is 16.6. The number of rotatable bonds is 3. The number of carbonyl (C=O) groups excluding carboxylic acids is 3. The van der Waals surface area contributed by atoms with Gasteiger partial charge in [-0.25, -0.2) is 4.79 Å². The third-order valence-corrected chi connectivity index (χ3v) is 5.47. The summed E-state index contributed by atoms with van der Waals surface area (Å²) in [6.45, 7) is 5.34. The fourth-order valence-corrected chi connectivity index (χ4v) is 4.18. The molecule has 0 saturated carbocycles. The Balaban J connectivity index is 1.60. The summed E-state index contributed by atoms with van der Waals surface area (Å²) < 4.78 is 5.35. The molecule has 0 radical (unpaired) electrons. The van der Waals surface area contributed by atoms with Crippen LogP contribution in [0, 0.1) is 0 Å². The van der Waals surface area contributed by atoms with E-state index in [9.17, 15) is 14.4 Å². The molecule has 1 aromatic carbocycles. The van der Waals surface area contributed by atoms with Gasteiger partial charge in [0.1, 0.15) is 6.10 Å². The molecule has 0 bridgehead atoms. The highest BCUT2D eigenvalue weighted by molar-refractivity contribution is 5.99. The van der Waals surface area contributed by atoms with Crippen molar-refractivity contribution in [3.8, 4) is 0 Å². The average molecular weight is 372 g/mol. The molecule has 0 aromatic heterocycles. The second-order valence-electron chi connectivity index (χ2n) is 7.35. The molecule has 4 rings (SSSR count). The minimum atomic E-state index is -0.436. The van der Waals surface area contributed by atoms with E-state index in [4.69, 9.17) is 4.74 Å². The second-order valence-corrected chi connectivity index (χ2v) is 7.35. The molecule has 2 saturated heterocycles. The molecule has 3 amide bonds. The molecule has 0 spiro atoms. The van der Waals surface area contributed by atoms with E-state index in [0.717, 1.165) is 30.8 Å². The zero-order chi connectivity index (χ0) is 19.1. The van der Waals surface area contributed by atoms with Crippen molar-refractivity contribution in [2.75, 3.05) is 40.9 Å². The van der Waals surface area contributed by atoms with E-state index < -0.39 is 6.09 Å². The summed E-state index contributed by atoms with van der Waals surface area (Å²) in [6, 6.07) is 6.16. The first-order valence-corrected chi connectivity index (χ1v) is 9.35. The molecule has 1 aromatic rings. The van der Waals surface area contributed by atoms with Crippen molar-refractivity contribution in [3.63, 3.8) is 0 Å². The fraction of sp³-hybridized carbons (Fsp3) is 0.526. The molecular weight excluding hydrogens is 348 g/mol. The van der Waals surface area contributed by atoms with E-state index in [2.05, 4.69) is 10.2 Å². The van der Waals surface area contributed by atoms with Gasteiger partial charge in [0.15, 0.2) is 0 Å². The third-order valence-electron chi connectivity index (χ3n) is 5.47. The smallest absolute Gasteiger partial charge is 0.414 e. The van der Waals surface area contributed by atoms with Crippen LogP contribution in [0.5, 0.6) is 0 Å². The van der Waals surface area contributed by atoms with Crippen LogP contribution >= 0.6 is 0 Å². The topological polar surface area (TPSA) is 82.2 Å². The van der Waals surface area contributed by atoms with Gasteiger partial charge in [-0.15, -0.1) is 0 Å². The molecular formula is C19H24N4O4. The number of hydrogen-bond acceptors (Lipinski definition) is 5. The maximum absolute atomic E-state index is 12.3. The third kappa shape index (κ3) is 3.20. The first-order valence-electron chi connectivity index (χ1n) is 9.35. The zero-order valence-corrected chi connectivity index (χ0v) is 15.6.